The number of amides is 2. The number of nitrogens with one attached hydrogen (secondary N) is 2. The van der Waals surface area contributed by atoms with Gasteiger partial charge in [0.2, 0.25) is 0 Å². The maximum Gasteiger partial charge on any atom is 0.435 e. The van der Waals surface area contributed by atoms with Crippen molar-refractivity contribution in [1.82, 2.24) is 24.6 Å². The van der Waals surface area contributed by atoms with Crippen LogP contribution >= 0.6 is 0 Å². The molecule has 0 radical (unpaired) electrons. The van der Waals surface area contributed by atoms with E-state index in [1.807, 2.05) is 0 Å². The summed E-state index contributed by atoms with van der Waals surface area (Å²) in [6.07, 6.45) is 1.96. The van der Waals surface area contributed by atoms with E-state index in [0.29, 0.717) is 18.8 Å². The van der Waals surface area contributed by atoms with E-state index in [0.717, 1.165) is 23.7 Å². The van der Waals surface area contributed by atoms with E-state index in [2.05, 4.69) is 20.4 Å². The van der Waals surface area contributed by atoms with Crippen molar-refractivity contribution >= 4 is 11.7 Å². The van der Waals surface area contributed by atoms with Gasteiger partial charge in [0, 0.05) is 18.9 Å². The number of imidazole rings is 1. The lowest BCUT2D eigenvalue weighted by molar-refractivity contribution is -0.142. The van der Waals surface area contributed by atoms with Gasteiger partial charge in [0.15, 0.2) is 5.69 Å². The van der Waals surface area contributed by atoms with Gasteiger partial charge < -0.3 is 15.2 Å². The number of benzene rings is 1. The Kier molecular flexibility index (Phi) is 4.99. The summed E-state index contributed by atoms with van der Waals surface area (Å²) in [5, 5.41) is 6.28. The van der Waals surface area contributed by atoms with Gasteiger partial charge in [0.05, 0.1) is 23.6 Å². The van der Waals surface area contributed by atoms with Crippen molar-refractivity contribution in [2.75, 3.05) is 11.9 Å². The zero-order valence-corrected chi connectivity index (χ0v) is 15.4. The quantitative estimate of drug-likeness (QED) is 0.680. The molecule has 4 rings (SSSR count). The monoisotopic (exact) mass is 404 g/mol. The lowest BCUT2D eigenvalue weighted by Gasteiger charge is -2.34. The Morgan fingerprint density at radius 3 is 2.69 bits per heavy atom. The first-order valence-electron chi connectivity index (χ1n) is 9.22. The molecule has 29 heavy (non-hydrogen) atoms. The third-order valence-electron chi connectivity index (χ3n) is 4.88. The van der Waals surface area contributed by atoms with E-state index >= 15 is 0 Å². The minimum Gasteiger partial charge on any atom is -0.347 e. The van der Waals surface area contributed by atoms with Gasteiger partial charge >= 0.3 is 12.2 Å². The second-order valence-electron chi connectivity index (χ2n) is 6.76. The Bertz CT molecular complexity index is 968. The fourth-order valence-corrected chi connectivity index (χ4v) is 3.58. The summed E-state index contributed by atoms with van der Waals surface area (Å²) < 4.78 is 42.1. The van der Waals surface area contributed by atoms with Crippen LogP contribution in [0.1, 0.15) is 36.8 Å². The predicted molar refractivity (Wildman–Crippen MR) is 99.5 cm³/mol. The minimum absolute atomic E-state index is 0.256. The van der Waals surface area contributed by atoms with Crippen LogP contribution in [0.15, 0.2) is 48.9 Å². The predicted octanol–water partition coefficient (Wildman–Crippen LogP) is 4.37. The van der Waals surface area contributed by atoms with Crippen LogP contribution in [0, 0.1) is 0 Å². The fourth-order valence-electron chi connectivity index (χ4n) is 3.58. The zero-order valence-electron chi connectivity index (χ0n) is 15.4. The van der Waals surface area contributed by atoms with Crippen LogP contribution in [0.4, 0.5) is 23.7 Å². The van der Waals surface area contributed by atoms with Crippen molar-refractivity contribution in [3.63, 3.8) is 0 Å². The molecule has 152 valence electrons. The van der Waals surface area contributed by atoms with E-state index in [1.54, 1.807) is 30.6 Å². The summed E-state index contributed by atoms with van der Waals surface area (Å²) in [5.41, 5.74) is -1.15. The summed E-state index contributed by atoms with van der Waals surface area (Å²) >= 11 is 0. The fraction of sp³-hybridized carbons (Fsp3) is 0.316. The number of H-pyrrole nitrogens is 1. The molecule has 2 N–H and O–H groups in total. The molecule has 1 aliphatic rings. The van der Waals surface area contributed by atoms with Crippen molar-refractivity contribution in [3.05, 3.63) is 60.4 Å². The third-order valence-corrected chi connectivity index (χ3v) is 4.88. The molecule has 1 aliphatic heterocycles. The van der Waals surface area contributed by atoms with E-state index in [1.165, 1.54) is 17.0 Å². The number of anilines is 1. The number of alkyl halides is 3. The number of carbonyl (C=O) groups is 1. The maximum absolute atomic E-state index is 13.8. The molecule has 0 unspecified atom stereocenters. The standard InChI is InChI=1S/C19H19F3N6O/c20-19(21,22)16-14(12-25-28(16)13-6-2-1-3-7-13)26-18(29)27-11-5-4-8-15(27)17-23-9-10-24-17/h1-3,6-7,9-10,12,15H,4-5,8,11H2,(H,23,24)(H,26,29)/t15-/m0/s1. The smallest absolute Gasteiger partial charge is 0.347 e. The molecule has 0 spiro atoms. The number of likely N-dealkylation sites (tertiary alicyclic amines) is 1. The Morgan fingerprint density at radius 2 is 2.00 bits per heavy atom. The summed E-state index contributed by atoms with van der Waals surface area (Å²) in [6, 6.07) is 7.07. The Balaban J connectivity index is 1.63. The highest BCUT2D eigenvalue weighted by molar-refractivity contribution is 5.90. The van der Waals surface area contributed by atoms with Gasteiger partial charge in [-0.05, 0) is 31.4 Å². The Hall–Kier alpha value is -3.30. The lowest BCUT2D eigenvalue weighted by atomic mass is 10.0. The average molecular weight is 404 g/mol. The number of para-hydroxylation sites is 1. The molecular weight excluding hydrogens is 385 g/mol. The normalized spacial score (nSPS) is 17.3. The molecule has 3 aromatic rings. The molecule has 3 heterocycles. The number of hydrogen-bond acceptors (Lipinski definition) is 3. The van der Waals surface area contributed by atoms with Crippen LogP contribution in [-0.2, 0) is 6.18 Å². The highest BCUT2D eigenvalue weighted by atomic mass is 19.4. The molecule has 10 heteroatoms. The van der Waals surface area contributed by atoms with Crippen LogP contribution in [0.25, 0.3) is 5.69 Å². The molecule has 7 nitrogen and oxygen atoms in total. The first-order valence-corrected chi connectivity index (χ1v) is 9.22. The molecule has 0 aliphatic carbocycles. The largest absolute Gasteiger partial charge is 0.435 e. The second-order valence-corrected chi connectivity index (χ2v) is 6.76. The van der Waals surface area contributed by atoms with E-state index in [4.69, 9.17) is 0 Å². The number of nitrogens with zero attached hydrogens (tertiary/aromatic N) is 4. The van der Waals surface area contributed by atoms with Crippen molar-refractivity contribution in [2.24, 2.45) is 0 Å². The van der Waals surface area contributed by atoms with Gasteiger partial charge in [-0.3, -0.25) is 0 Å². The second kappa shape index (κ2) is 7.61. The number of hydrogen-bond donors (Lipinski definition) is 2. The number of aromatic amines is 1. The van der Waals surface area contributed by atoms with Crippen LogP contribution < -0.4 is 5.32 Å². The molecule has 1 aromatic carbocycles. The highest BCUT2D eigenvalue weighted by Crippen LogP contribution is 2.37. The number of rotatable bonds is 3. The Morgan fingerprint density at radius 1 is 1.21 bits per heavy atom. The van der Waals surface area contributed by atoms with Gasteiger partial charge in [-0.15, -0.1) is 0 Å². The van der Waals surface area contributed by atoms with Gasteiger partial charge in [0.25, 0.3) is 0 Å². The molecular formula is C19H19F3N6O. The summed E-state index contributed by atoms with van der Waals surface area (Å²) in [4.78, 5) is 21.6. The van der Waals surface area contributed by atoms with Gasteiger partial charge in [-0.25, -0.2) is 14.5 Å². The van der Waals surface area contributed by atoms with E-state index < -0.39 is 17.9 Å². The van der Waals surface area contributed by atoms with Gasteiger partial charge in [0.1, 0.15) is 5.82 Å². The van der Waals surface area contributed by atoms with Crippen LogP contribution in [-0.4, -0.2) is 37.2 Å². The number of aromatic nitrogens is 4. The number of urea groups is 1. The number of halogens is 3. The highest BCUT2D eigenvalue weighted by Gasteiger charge is 2.40. The SMILES string of the molecule is O=C(Nc1cnn(-c2ccccc2)c1C(F)(F)F)N1CCCC[C@H]1c1ncc[nH]1. The van der Waals surface area contributed by atoms with E-state index in [9.17, 15) is 18.0 Å². The average Bonchev–Trinajstić information content (AvgIpc) is 3.38. The number of carbonyl (C=O) groups excluding carboxylic acids is 1. The van der Waals surface area contributed by atoms with Gasteiger partial charge in [-0.1, -0.05) is 18.2 Å². The molecule has 0 saturated carbocycles. The van der Waals surface area contributed by atoms with Crippen LogP contribution in [0.3, 0.4) is 0 Å². The van der Waals surface area contributed by atoms with Crippen molar-refractivity contribution in [3.8, 4) is 5.69 Å². The van der Waals surface area contributed by atoms with Crippen molar-refractivity contribution in [1.29, 1.82) is 0 Å². The van der Waals surface area contributed by atoms with Gasteiger partial charge in [-0.2, -0.15) is 18.3 Å². The van der Waals surface area contributed by atoms with Crippen LogP contribution in [0.2, 0.25) is 0 Å². The molecule has 2 amide bonds. The topological polar surface area (TPSA) is 78.8 Å². The maximum atomic E-state index is 13.8. The lowest BCUT2D eigenvalue weighted by Crippen LogP contribution is -2.41. The van der Waals surface area contributed by atoms with Crippen molar-refractivity contribution in [2.45, 2.75) is 31.5 Å². The molecule has 1 atom stereocenters. The minimum atomic E-state index is -4.70. The van der Waals surface area contributed by atoms with Crippen LogP contribution in [0.5, 0.6) is 0 Å². The Labute approximate surface area is 164 Å². The first kappa shape index (κ1) is 19.0. The molecule has 0 bridgehead atoms. The third kappa shape index (κ3) is 3.82. The molecule has 1 saturated heterocycles. The summed E-state index contributed by atoms with van der Waals surface area (Å²) in [5.74, 6) is 0.621. The van der Waals surface area contributed by atoms with Crippen molar-refractivity contribution < 1.29 is 18.0 Å². The summed E-state index contributed by atoms with van der Waals surface area (Å²) in [6.45, 7) is 0.436. The van der Waals surface area contributed by atoms with E-state index in [-0.39, 0.29) is 17.4 Å². The molecule has 1 fully saturated rings. The zero-order chi connectivity index (χ0) is 20.4. The molecule has 2 aromatic heterocycles. The first-order chi connectivity index (χ1) is 13.9. The summed E-state index contributed by atoms with van der Waals surface area (Å²) in [7, 11) is 0. The number of piperidine rings is 1.